The third-order valence-corrected chi connectivity index (χ3v) is 4.77. The second-order valence-corrected chi connectivity index (χ2v) is 6.58. The van der Waals surface area contributed by atoms with Gasteiger partial charge in [0.1, 0.15) is 5.82 Å². The molecule has 2 nitrogen and oxygen atoms in total. The first-order valence-electron chi connectivity index (χ1n) is 6.84. The monoisotopic (exact) mass is 332 g/mol. The molecule has 3 aromatic rings. The average molecular weight is 333 g/mol. The third kappa shape index (κ3) is 3.90. The topological polar surface area (TPSA) is 17.8 Å². The van der Waals surface area contributed by atoms with E-state index in [1.807, 2.05) is 35.0 Å². The standard InChI is InChI=1S/C17H14ClFN2S/c18-14-3-1-13(2-4-14)17(11-21-10-9-20-12-21)22-16-7-5-15(19)6-8-16/h1-10,12,17H,11H2. The molecule has 0 spiro atoms. The van der Waals surface area contributed by atoms with E-state index in [9.17, 15) is 4.39 Å². The maximum absolute atomic E-state index is 13.1. The van der Waals surface area contributed by atoms with E-state index in [1.165, 1.54) is 17.7 Å². The molecule has 1 unspecified atom stereocenters. The summed E-state index contributed by atoms with van der Waals surface area (Å²) in [4.78, 5) is 5.11. The summed E-state index contributed by atoms with van der Waals surface area (Å²) in [6.45, 7) is 0.781. The zero-order valence-corrected chi connectivity index (χ0v) is 13.3. The van der Waals surface area contributed by atoms with Crippen LogP contribution in [0.4, 0.5) is 4.39 Å². The fourth-order valence-electron chi connectivity index (χ4n) is 2.15. The number of hydrogen-bond acceptors (Lipinski definition) is 2. The largest absolute Gasteiger partial charge is 0.336 e. The predicted octanol–water partition coefficient (Wildman–Crippen LogP) is 5.21. The van der Waals surface area contributed by atoms with Crippen LogP contribution < -0.4 is 0 Å². The van der Waals surface area contributed by atoms with Crippen LogP contribution in [0.15, 0.2) is 72.1 Å². The number of thioether (sulfide) groups is 1. The van der Waals surface area contributed by atoms with Crippen LogP contribution in [0, 0.1) is 5.82 Å². The number of halogens is 2. The van der Waals surface area contributed by atoms with Gasteiger partial charge in [-0.1, -0.05) is 23.7 Å². The van der Waals surface area contributed by atoms with E-state index < -0.39 is 0 Å². The van der Waals surface area contributed by atoms with Crippen LogP contribution in [0.5, 0.6) is 0 Å². The second kappa shape index (κ2) is 6.99. The van der Waals surface area contributed by atoms with Gasteiger partial charge in [0.15, 0.2) is 0 Å². The maximum atomic E-state index is 13.1. The number of benzene rings is 2. The van der Waals surface area contributed by atoms with Gasteiger partial charge >= 0.3 is 0 Å². The molecular formula is C17H14ClFN2S. The molecule has 0 fully saturated rings. The van der Waals surface area contributed by atoms with Crippen molar-refractivity contribution >= 4 is 23.4 Å². The number of hydrogen-bond donors (Lipinski definition) is 0. The van der Waals surface area contributed by atoms with Gasteiger partial charge in [-0.3, -0.25) is 0 Å². The summed E-state index contributed by atoms with van der Waals surface area (Å²) in [6.07, 6.45) is 5.50. The van der Waals surface area contributed by atoms with Gasteiger partial charge in [-0.2, -0.15) is 0 Å². The van der Waals surface area contributed by atoms with Gasteiger partial charge in [-0.15, -0.1) is 11.8 Å². The zero-order valence-electron chi connectivity index (χ0n) is 11.7. The fourth-order valence-corrected chi connectivity index (χ4v) is 3.44. The van der Waals surface area contributed by atoms with Gasteiger partial charge in [0.25, 0.3) is 0 Å². The van der Waals surface area contributed by atoms with Gasteiger partial charge in [0.2, 0.25) is 0 Å². The predicted molar refractivity (Wildman–Crippen MR) is 88.7 cm³/mol. The number of imidazole rings is 1. The first-order chi connectivity index (χ1) is 10.7. The summed E-state index contributed by atoms with van der Waals surface area (Å²) in [7, 11) is 0. The van der Waals surface area contributed by atoms with Crippen LogP contribution in [0.3, 0.4) is 0 Å². The summed E-state index contributed by atoms with van der Waals surface area (Å²) in [5.41, 5.74) is 1.17. The minimum atomic E-state index is -0.220. The van der Waals surface area contributed by atoms with E-state index in [2.05, 4.69) is 4.98 Å². The van der Waals surface area contributed by atoms with E-state index in [0.29, 0.717) is 0 Å². The Morgan fingerprint density at radius 1 is 1.09 bits per heavy atom. The van der Waals surface area contributed by atoms with Crippen LogP contribution in [0.1, 0.15) is 10.8 Å². The van der Waals surface area contributed by atoms with Crippen LogP contribution in [0.2, 0.25) is 5.02 Å². The summed E-state index contributed by atoms with van der Waals surface area (Å²) >= 11 is 7.67. The summed E-state index contributed by atoms with van der Waals surface area (Å²) in [5, 5.41) is 0.911. The molecule has 1 heterocycles. The molecule has 0 aliphatic rings. The van der Waals surface area contributed by atoms with E-state index in [-0.39, 0.29) is 11.1 Å². The molecule has 0 radical (unpaired) electrons. The maximum Gasteiger partial charge on any atom is 0.123 e. The lowest BCUT2D eigenvalue weighted by Crippen LogP contribution is -2.04. The number of rotatable bonds is 5. The van der Waals surface area contributed by atoms with Gasteiger partial charge in [0, 0.05) is 28.9 Å². The highest BCUT2D eigenvalue weighted by molar-refractivity contribution is 7.99. The molecule has 0 aliphatic carbocycles. The van der Waals surface area contributed by atoms with Crippen molar-refractivity contribution in [2.45, 2.75) is 16.7 Å². The van der Waals surface area contributed by atoms with Crippen LogP contribution in [-0.4, -0.2) is 9.55 Å². The van der Waals surface area contributed by atoms with Crippen LogP contribution in [0.25, 0.3) is 0 Å². The normalized spacial score (nSPS) is 12.3. The second-order valence-electron chi connectivity index (χ2n) is 4.87. The molecule has 0 amide bonds. The molecule has 2 aromatic carbocycles. The van der Waals surface area contributed by atoms with Gasteiger partial charge in [-0.05, 0) is 42.0 Å². The lowest BCUT2D eigenvalue weighted by molar-refractivity contribution is 0.626. The number of nitrogens with zero attached hydrogens (tertiary/aromatic N) is 2. The lowest BCUT2D eigenvalue weighted by atomic mass is 10.1. The Morgan fingerprint density at radius 3 is 2.45 bits per heavy atom. The fraction of sp³-hybridized carbons (Fsp3) is 0.118. The molecule has 5 heteroatoms. The first-order valence-corrected chi connectivity index (χ1v) is 8.10. The van der Waals surface area contributed by atoms with Crippen LogP contribution >= 0.6 is 23.4 Å². The number of aromatic nitrogens is 2. The molecule has 112 valence electrons. The quantitative estimate of drug-likeness (QED) is 0.597. The SMILES string of the molecule is Fc1ccc(SC(Cn2ccnc2)c2ccc(Cl)cc2)cc1. The molecule has 0 saturated heterocycles. The third-order valence-electron chi connectivity index (χ3n) is 3.27. The first kappa shape index (κ1) is 15.1. The van der Waals surface area contributed by atoms with Crippen molar-refractivity contribution in [3.05, 3.63) is 83.7 Å². The Balaban J connectivity index is 1.84. The van der Waals surface area contributed by atoms with Gasteiger partial charge in [-0.25, -0.2) is 9.37 Å². The van der Waals surface area contributed by atoms with Crippen molar-refractivity contribution in [3.63, 3.8) is 0 Å². The minimum absolute atomic E-state index is 0.192. The highest BCUT2D eigenvalue weighted by atomic mass is 35.5. The van der Waals surface area contributed by atoms with Crippen molar-refractivity contribution < 1.29 is 4.39 Å². The van der Waals surface area contributed by atoms with E-state index >= 15 is 0 Å². The Morgan fingerprint density at radius 2 is 1.82 bits per heavy atom. The Bertz CT molecular complexity index is 711. The van der Waals surface area contributed by atoms with E-state index in [1.54, 1.807) is 36.4 Å². The summed E-state index contributed by atoms with van der Waals surface area (Å²) in [6, 6.07) is 14.4. The van der Waals surface area contributed by atoms with Crippen molar-refractivity contribution in [1.29, 1.82) is 0 Å². The lowest BCUT2D eigenvalue weighted by Gasteiger charge is -2.18. The smallest absolute Gasteiger partial charge is 0.123 e. The average Bonchev–Trinajstić information content (AvgIpc) is 3.03. The highest BCUT2D eigenvalue weighted by Crippen LogP contribution is 2.37. The highest BCUT2D eigenvalue weighted by Gasteiger charge is 2.14. The summed E-state index contributed by atoms with van der Waals surface area (Å²) < 4.78 is 15.1. The molecule has 1 atom stereocenters. The zero-order chi connectivity index (χ0) is 15.4. The summed E-state index contributed by atoms with van der Waals surface area (Å²) in [5.74, 6) is -0.220. The van der Waals surface area contributed by atoms with Crippen LogP contribution in [-0.2, 0) is 6.54 Å². The Hall–Kier alpha value is -1.78. The molecule has 0 saturated carbocycles. The Kier molecular flexibility index (Phi) is 4.80. The van der Waals surface area contributed by atoms with Crippen molar-refractivity contribution in [2.75, 3.05) is 0 Å². The van der Waals surface area contributed by atoms with Gasteiger partial charge < -0.3 is 4.57 Å². The van der Waals surface area contributed by atoms with Gasteiger partial charge in [0.05, 0.1) is 11.6 Å². The van der Waals surface area contributed by atoms with Crippen molar-refractivity contribution in [2.24, 2.45) is 0 Å². The molecular weight excluding hydrogens is 319 g/mol. The minimum Gasteiger partial charge on any atom is -0.336 e. The molecule has 22 heavy (non-hydrogen) atoms. The molecule has 0 N–H and O–H groups in total. The Labute approximate surface area is 138 Å². The molecule has 3 rings (SSSR count). The van der Waals surface area contributed by atoms with Crippen molar-refractivity contribution in [1.82, 2.24) is 9.55 Å². The molecule has 1 aromatic heterocycles. The molecule has 0 bridgehead atoms. The molecule has 0 aliphatic heterocycles. The van der Waals surface area contributed by atoms with Crippen molar-refractivity contribution in [3.8, 4) is 0 Å². The van der Waals surface area contributed by atoms with E-state index in [0.717, 1.165) is 16.5 Å². The van der Waals surface area contributed by atoms with E-state index in [4.69, 9.17) is 11.6 Å².